The van der Waals surface area contributed by atoms with Gasteiger partial charge in [-0.2, -0.15) is 0 Å². The van der Waals surface area contributed by atoms with Gasteiger partial charge in [-0.3, -0.25) is 0 Å². The maximum atomic E-state index is 12.6. The highest BCUT2D eigenvalue weighted by molar-refractivity contribution is 8.18. The minimum Gasteiger partial charge on any atom is -0.506 e. The van der Waals surface area contributed by atoms with Crippen molar-refractivity contribution < 1.29 is 34.0 Å². The molecular weight excluding hydrogens is 458 g/mol. The van der Waals surface area contributed by atoms with Crippen LogP contribution in [0, 0.1) is 0 Å². The van der Waals surface area contributed by atoms with Gasteiger partial charge < -0.3 is 24.4 Å². The number of benzene rings is 2. The lowest BCUT2D eigenvalue weighted by atomic mass is 10.1. The number of carboxylic acids is 1. The van der Waals surface area contributed by atoms with Crippen LogP contribution >= 0.6 is 11.8 Å². The first-order valence-corrected chi connectivity index (χ1v) is 11.4. The zero-order chi connectivity index (χ0) is 24.7. The number of aryl methyl sites for hydroxylation is 1. The van der Waals surface area contributed by atoms with E-state index in [4.69, 9.17) is 19.3 Å². The van der Waals surface area contributed by atoms with Crippen molar-refractivity contribution in [1.82, 2.24) is 0 Å². The predicted molar refractivity (Wildman–Crippen MR) is 131 cm³/mol. The van der Waals surface area contributed by atoms with E-state index in [2.05, 4.69) is 11.9 Å². The lowest BCUT2D eigenvalue weighted by Crippen LogP contribution is -2.12. The molecule has 0 radical (unpaired) electrons. The maximum absolute atomic E-state index is 12.6. The Kier molecular flexibility index (Phi) is 8.37. The third-order valence-corrected chi connectivity index (χ3v) is 5.80. The molecule has 0 aromatic heterocycles. The van der Waals surface area contributed by atoms with Gasteiger partial charge in [-0.05, 0) is 54.8 Å². The van der Waals surface area contributed by atoms with Crippen molar-refractivity contribution >= 4 is 40.5 Å². The second-order valence-corrected chi connectivity index (χ2v) is 8.12. The van der Waals surface area contributed by atoms with E-state index in [0.717, 1.165) is 23.7 Å². The van der Waals surface area contributed by atoms with Crippen molar-refractivity contribution in [1.29, 1.82) is 0 Å². The van der Waals surface area contributed by atoms with E-state index in [1.165, 1.54) is 7.11 Å². The van der Waals surface area contributed by atoms with E-state index in [-0.39, 0.29) is 23.7 Å². The number of carbonyl (C=O) groups is 2. The van der Waals surface area contributed by atoms with Crippen LogP contribution in [0.15, 0.2) is 63.7 Å². The highest BCUT2D eigenvalue weighted by Gasteiger charge is 2.33. The van der Waals surface area contributed by atoms with Crippen molar-refractivity contribution in [2.75, 3.05) is 20.3 Å². The molecule has 0 saturated heterocycles. The first-order chi connectivity index (χ1) is 16.4. The molecule has 3 rings (SSSR count). The molecule has 1 aliphatic heterocycles. The number of aliphatic hydroxyl groups is 1. The molecule has 0 fully saturated rings. The van der Waals surface area contributed by atoms with Crippen LogP contribution in [0.1, 0.15) is 25.0 Å². The summed E-state index contributed by atoms with van der Waals surface area (Å²) in [5, 5.41) is 20.0. The molecule has 1 aliphatic rings. The van der Waals surface area contributed by atoms with Crippen LogP contribution in [-0.4, -0.2) is 47.5 Å². The smallest absolute Gasteiger partial charge is 0.344 e. The minimum absolute atomic E-state index is 0.00560. The fraction of sp³-hybridized carbons (Fsp3) is 0.240. The number of nitrogens with zero attached hydrogens (tertiary/aromatic N) is 1. The Morgan fingerprint density at radius 3 is 2.44 bits per heavy atom. The van der Waals surface area contributed by atoms with Gasteiger partial charge in [0.2, 0.25) is 0 Å². The van der Waals surface area contributed by atoms with Crippen LogP contribution in [0.3, 0.4) is 0 Å². The van der Waals surface area contributed by atoms with Gasteiger partial charge in [0, 0.05) is 0 Å². The maximum Gasteiger partial charge on any atom is 0.344 e. The lowest BCUT2D eigenvalue weighted by molar-refractivity contribution is -0.139. The summed E-state index contributed by atoms with van der Waals surface area (Å²) in [5.74, 6) is -1.38. The molecule has 8 nitrogen and oxygen atoms in total. The Balaban J connectivity index is 1.97. The van der Waals surface area contributed by atoms with Crippen LogP contribution in [0.4, 0.5) is 5.69 Å². The van der Waals surface area contributed by atoms with Gasteiger partial charge in [0.15, 0.2) is 18.1 Å². The van der Waals surface area contributed by atoms with E-state index >= 15 is 0 Å². The normalized spacial score (nSPS) is 15.6. The predicted octanol–water partition coefficient (Wildman–Crippen LogP) is 4.91. The Morgan fingerprint density at radius 1 is 1.09 bits per heavy atom. The molecule has 0 atom stereocenters. The Labute approximate surface area is 201 Å². The van der Waals surface area contributed by atoms with Gasteiger partial charge in [-0.25, -0.2) is 14.6 Å². The third kappa shape index (κ3) is 5.99. The van der Waals surface area contributed by atoms with Gasteiger partial charge in [0.05, 0.1) is 24.3 Å². The Morgan fingerprint density at radius 2 is 1.82 bits per heavy atom. The molecule has 34 heavy (non-hydrogen) atoms. The number of aliphatic hydroxyl groups excluding tert-OH is 1. The van der Waals surface area contributed by atoms with Crippen LogP contribution in [-0.2, 0) is 20.7 Å². The quantitative estimate of drug-likeness (QED) is 0.483. The number of carboxylic acid groups (broad SMARTS) is 1. The fourth-order valence-corrected chi connectivity index (χ4v) is 4.13. The number of thioether (sulfide) groups is 1. The zero-order valence-electron chi connectivity index (χ0n) is 19.0. The summed E-state index contributed by atoms with van der Waals surface area (Å²) in [6.07, 6.45) is 2.57. The molecular formula is C25H25NO7S. The zero-order valence-corrected chi connectivity index (χ0v) is 19.8. The monoisotopic (exact) mass is 483 g/mol. The molecule has 2 N–H and O–H groups in total. The van der Waals surface area contributed by atoms with E-state index in [1.807, 2.05) is 24.3 Å². The lowest BCUT2D eigenvalue weighted by Gasteiger charge is -2.10. The van der Waals surface area contributed by atoms with E-state index in [0.29, 0.717) is 26.9 Å². The van der Waals surface area contributed by atoms with Gasteiger partial charge in [0.25, 0.3) is 0 Å². The molecule has 0 unspecified atom stereocenters. The van der Waals surface area contributed by atoms with Gasteiger partial charge >= 0.3 is 11.9 Å². The fourth-order valence-electron chi connectivity index (χ4n) is 3.10. The number of hydrogen-bond acceptors (Lipinski definition) is 8. The van der Waals surface area contributed by atoms with Gasteiger partial charge in [-0.1, -0.05) is 36.9 Å². The van der Waals surface area contributed by atoms with E-state index < -0.39 is 18.5 Å². The number of hydrogen-bond donors (Lipinski definition) is 2. The summed E-state index contributed by atoms with van der Waals surface area (Å²) in [7, 11) is 1.44. The first-order valence-electron chi connectivity index (χ1n) is 10.6. The summed E-state index contributed by atoms with van der Waals surface area (Å²) in [4.78, 5) is 28.3. The first kappa shape index (κ1) is 24.9. The summed E-state index contributed by atoms with van der Waals surface area (Å²) in [6, 6.07) is 12.5. The molecule has 178 valence electrons. The molecule has 2 aromatic rings. The average Bonchev–Trinajstić information content (AvgIpc) is 3.12. The Hall–Kier alpha value is -3.72. The number of esters is 1. The van der Waals surface area contributed by atoms with Gasteiger partial charge in [-0.15, -0.1) is 0 Å². The third-order valence-electron chi connectivity index (χ3n) is 4.78. The average molecular weight is 484 g/mol. The van der Waals surface area contributed by atoms with Crippen molar-refractivity contribution in [2.45, 2.75) is 20.3 Å². The molecule has 9 heteroatoms. The molecule has 0 amide bonds. The van der Waals surface area contributed by atoms with Crippen LogP contribution in [0.25, 0.3) is 6.08 Å². The second-order valence-electron chi connectivity index (χ2n) is 7.08. The van der Waals surface area contributed by atoms with E-state index in [1.54, 1.807) is 31.2 Å². The van der Waals surface area contributed by atoms with Crippen molar-refractivity contribution in [3.05, 3.63) is 69.8 Å². The van der Waals surface area contributed by atoms with Crippen LogP contribution < -0.4 is 9.47 Å². The molecule has 0 saturated carbocycles. The number of aliphatic carboxylic acids is 1. The van der Waals surface area contributed by atoms with Crippen LogP contribution in [0.5, 0.6) is 11.5 Å². The van der Waals surface area contributed by atoms with E-state index in [9.17, 15) is 14.7 Å². The molecule has 1 heterocycles. The second kappa shape index (κ2) is 11.4. The van der Waals surface area contributed by atoms with Crippen LogP contribution in [0.2, 0.25) is 0 Å². The van der Waals surface area contributed by atoms with Crippen molar-refractivity contribution in [2.24, 2.45) is 4.99 Å². The Bertz CT molecular complexity index is 1170. The van der Waals surface area contributed by atoms with Crippen molar-refractivity contribution in [3.8, 4) is 11.5 Å². The summed E-state index contributed by atoms with van der Waals surface area (Å²) in [6.45, 7) is 3.41. The van der Waals surface area contributed by atoms with Gasteiger partial charge in [0.1, 0.15) is 16.4 Å². The number of aliphatic imine (C=N–C) groups is 1. The number of methoxy groups -OCH3 is 1. The highest BCUT2D eigenvalue weighted by Crippen LogP contribution is 2.41. The molecule has 2 aromatic carbocycles. The van der Waals surface area contributed by atoms with Crippen molar-refractivity contribution in [3.63, 3.8) is 0 Å². The summed E-state index contributed by atoms with van der Waals surface area (Å²) >= 11 is 1.15. The topological polar surface area (TPSA) is 115 Å². The summed E-state index contributed by atoms with van der Waals surface area (Å²) in [5.41, 5.74) is 2.46. The number of rotatable bonds is 9. The highest BCUT2D eigenvalue weighted by atomic mass is 32.2. The SMILES string of the molecule is CCOC(=O)C1=C(O)/C(=C/c2ccc(OCC(=O)O)c(OC)c2)SC1=Nc1ccc(CC)cc1. The number of carbonyl (C=O) groups excluding carboxylic acids is 1. The largest absolute Gasteiger partial charge is 0.506 e. The minimum atomic E-state index is -1.10. The molecule has 0 bridgehead atoms. The molecule has 0 spiro atoms. The standard InChI is InChI=1S/C25H25NO7S/c1-4-15-6-9-17(10-7-15)26-24-22(25(30)32-5-2)23(29)20(34-24)13-16-8-11-18(19(12-16)31-3)33-14-21(27)28/h6-13,29H,4-5,14H2,1-3H3,(H,27,28)/b20-13-,26-24?. The number of ether oxygens (including phenoxy) is 3. The summed E-state index contributed by atoms with van der Waals surface area (Å²) < 4.78 is 15.6. The molecule has 0 aliphatic carbocycles.